The lowest BCUT2D eigenvalue weighted by Gasteiger charge is -2.08. The van der Waals surface area contributed by atoms with Crippen LogP contribution in [0.2, 0.25) is 0 Å². The van der Waals surface area contributed by atoms with Crippen molar-refractivity contribution >= 4 is 40.3 Å². The summed E-state index contributed by atoms with van der Waals surface area (Å²) in [5.74, 6) is 0.00316. The number of carbonyl (C=O) groups is 2. The number of fused-ring (bicyclic) bond motifs is 1. The Balaban J connectivity index is 1.27. The van der Waals surface area contributed by atoms with Gasteiger partial charge < -0.3 is 15.4 Å². The number of halogens is 3. The van der Waals surface area contributed by atoms with E-state index >= 15 is 0 Å². The van der Waals surface area contributed by atoms with Crippen LogP contribution in [0.4, 0.5) is 24.7 Å². The van der Waals surface area contributed by atoms with Gasteiger partial charge in [0.25, 0.3) is 11.8 Å². The molecule has 0 fully saturated rings. The molecule has 0 saturated heterocycles. The van der Waals surface area contributed by atoms with Gasteiger partial charge in [-0.05, 0) is 66.4 Å². The lowest BCUT2D eigenvalue weighted by molar-refractivity contribution is -0.137. The van der Waals surface area contributed by atoms with Crippen LogP contribution >= 0.6 is 11.3 Å². The highest BCUT2D eigenvalue weighted by atomic mass is 32.1. The number of hydrogen-bond donors (Lipinski definition) is 2. The predicted octanol–water partition coefficient (Wildman–Crippen LogP) is 6.41. The summed E-state index contributed by atoms with van der Waals surface area (Å²) in [5, 5.41) is 11.6. The third-order valence-corrected chi connectivity index (χ3v) is 6.41. The molecule has 0 aliphatic heterocycles. The SMILES string of the molecule is Cc1ccsc1C(=O)Nc1cccc(Oc2ccc3nc(NC(=O)c4ccc(C(F)(F)F)cc4)cn3n2)c1. The van der Waals surface area contributed by atoms with E-state index in [1.165, 1.54) is 22.0 Å². The number of anilines is 2. The van der Waals surface area contributed by atoms with Gasteiger partial charge in [0.1, 0.15) is 5.75 Å². The lowest BCUT2D eigenvalue weighted by Crippen LogP contribution is -2.13. The van der Waals surface area contributed by atoms with Gasteiger partial charge in [0, 0.05) is 23.4 Å². The maximum absolute atomic E-state index is 12.7. The zero-order chi connectivity index (χ0) is 26.9. The Hall–Kier alpha value is -4.71. The molecular weight excluding hydrogens is 519 g/mol. The van der Waals surface area contributed by atoms with Crippen molar-refractivity contribution in [3.8, 4) is 11.6 Å². The monoisotopic (exact) mass is 537 g/mol. The van der Waals surface area contributed by atoms with Crippen LogP contribution in [-0.2, 0) is 6.18 Å². The smallest absolute Gasteiger partial charge is 0.416 e. The number of nitrogens with zero attached hydrogens (tertiary/aromatic N) is 3. The summed E-state index contributed by atoms with van der Waals surface area (Å²) in [6.07, 6.45) is -3.04. The van der Waals surface area contributed by atoms with E-state index in [1.807, 2.05) is 18.4 Å². The zero-order valence-electron chi connectivity index (χ0n) is 19.6. The lowest BCUT2D eigenvalue weighted by atomic mass is 10.1. The normalized spacial score (nSPS) is 11.4. The first-order valence-electron chi connectivity index (χ1n) is 11.1. The minimum atomic E-state index is -4.49. The van der Waals surface area contributed by atoms with Crippen LogP contribution in [0, 0.1) is 6.92 Å². The molecule has 2 aromatic carbocycles. The molecule has 38 heavy (non-hydrogen) atoms. The molecule has 3 aromatic heterocycles. The third-order valence-electron chi connectivity index (χ3n) is 5.39. The fourth-order valence-electron chi connectivity index (χ4n) is 3.53. The van der Waals surface area contributed by atoms with Crippen molar-refractivity contribution in [3.05, 3.63) is 99.9 Å². The molecule has 0 unspecified atom stereocenters. The summed E-state index contributed by atoms with van der Waals surface area (Å²) in [4.78, 5) is 29.8. The number of aryl methyl sites for hydroxylation is 1. The van der Waals surface area contributed by atoms with Gasteiger partial charge >= 0.3 is 6.18 Å². The van der Waals surface area contributed by atoms with Crippen molar-refractivity contribution in [3.63, 3.8) is 0 Å². The molecule has 12 heteroatoms. The van der Waals surface area contributed by atoms with Gasteiger partial charge in [-0.3, -0.25) is 9.59 Å². The number of amides is 2. The number of nitrogens with one attached hydrogen (secondary N) is 2. The van der Waals surface area contributed by atoms with E-state index in [2.05, 4.69) is 20.7 Å². The molecule has 5 rings (SSSR count). The van der Waals surface area contributed by atoms with Crippen LogP contribution in [0.3, 0.4) is 0 Å². The highest BCUT2D eigenvalue weighted by Crippen LogP contribution is 2.29. The number of ether oxygens (including phenoxy) is 1. The van der Waals surface area contributed by atoms with Crippen molar-refractivity contribution in [2.75, 3.05) is 10.6 Å². The second-order valence-electron chi connectivity index (χ2n) is 8.15. The van der Waals surface area contributed by atoms with Gasteiger partial charge in [-0.2, -0.15) is 13.2 Å². The molecular formula is C26H18F3N5O3S. The van der Waals surface area contributed by atoms with Crippen molar-refractivity contribution in [2.45, 2.75) is 13.1 Å². The highest BCUT2D eigenvalue weighted by Gasteiger charge is 2.30. The molecule has 2 amide bonds. The molecule has 0 aliphatic rings. The summed E-state index contributed by atoms with van der Waals surface area (Å²) < 4.78 is 45.5. The van der Waals surface area contributed by atoms with Gasteiger partial charge in [0.2, 0.25) is 5.88 Å². The average molecular weight is 538 g/mol. The molecule has 8 nitrogen and oxygen atoms in total. The van der Waals surface area contributed by atoms with Crippen molar-refractivity contribution in [1.82, 2.24) is 14.6 Å². The van der Waals surface area contributed by atoms with E-state index in [0.29, 0.717) is 22.0 Å². The standard InChI is InChI=1S/C26H18F3N5O3S/c1-15-11-12-38-23(15)25(36)30-18-3-2-4-19(13-18)37-22-10-9-21-31-20(14-34(21)33-22)32-24(35)16-5-7-17(8-6-16)26(27,28)29/h2-14H,1H3,(H,30,36)(H,32,35). The second-order valence-corrected chi connectivity index (χ2v) is 9.06. The molecule has 192 valence electrons. The fourth-order valence-corrected chi connectivity index (χ4v) is 4.35. The van der Waals surface area contributed by atoms with E-state index in [1.54, 1.807) is 36.4 Å². The van der Waals surface area contributed by atoms with Crippen LogP contribution in [0.25, 0.3) is 5.65 Å². The number of hydrogen-bond acceptors (Lipinski definition) is 6. The topological polar surface area (TPSA) is 97.6 Å². The maximum Gasteiger partial charge on any atom is 0.416 e. The molecule has 3 heterocycles. The summed E-state index contributed by atoms with van der Waals surface area (Å²) >= 11 is 1.36. The zero-order valence-corrected chi connectivity index (χ0v) is 20.4. The largest absolute Gasteiger partial charge is 0.438 e. The highest BCUT2D eigenvalue weighted by molar-refractivity contribution is 7.12. The Morgan fingerprint density at radius 3 is 2.47 bits per heavy atom. The summed E-state index contributed by atoms with van der Waals surface area (Å²) in [5.41, 5.74) is 1.06. The third kappa shape index (κ3) is 5.49. The predicted molar refractivity (Wildman–Crippen MR) is 136 cm³/mol. The first-order chi connectivity index (χ1) is 18.2. The quantitative estimate of drug-likeness (QED) is 0.261. The molecule has 0 bridgehead atoms. The number of alkyl halides is 3. The van der Waals surface area contributed by atoms with Gasteiger partial charge in [-0.25, -0.2) is 9.50 Å². The molecule has 5 aromatic rings. The van der Waals surface area contributed by atoms with Crippen LogP contribution in [-0.4, -0.2) is 26.4 Å². The molecule has 0 radical (unpaired) electrons. The van der Waals surface area contributed by atoms with Crippen molar-refractivity contribution < 1.29 is 27.5 Å². The molecule has 2 N–H and O–H groups in total. The van der Waals surface area contributed by atoms with E-state index < -0.39 is 17.6 Å². The van der Waals surface area contributed by atoms with Gasteiger partial charge in [0.15, 0.2) is 11.5 Å². The number of benzene rings is 2. The second kappa shape index (κ2) is 9.98. The molecule has 0 atom stereocenters. The average Bonchev–Trinajstić information content (AvgIpc) is 3.49. The molecule has 0 saturated carbocycles. The number of thiophene rings is 1. The number of rotatable bonds is 6. The van der Waals surface area contributed by atoms with Crippen LogP contribution < -0.4 is 15.4 Å². The number of aromatic nitrogens is 3. The van der Waals surface area contributed by atoms with Gasteiger partial charge in [-0.15, -0.1) is 16.4 Å². The Bertz CT molecular complexity index is 1640. The fraction of sp³-hybridized carbons (Fsp3) is 0.0769. The maximum atomic E-state index is 12.7. The molecule has 0 aliphatic carbocycles. The minimum Gasteiger partial charge on any atom is -0.438 e. The molecule has 0 spiro atoms. The van der Waals surface area contributed by atoms with E-state index in [0.717, 1.165) is 29.8 Å². The van der Waals surface area contributed by atoms with Gasteiger partial charge in [-0.1, -0.05) is 6.07 Å². The van der Waals surface area contributed by atoms with Crippen LogP contribution in [0.5, 0.6) is 11.6 Å². The Kier molecular flexibility index (Phi) is 6.55. The summed E-state index contributed by atoms with van der Waals surface area (Å²) in [7, 11) is 0. The van der Waals surface area contributed by atoms with Crippen LogP contribution in [0.15, 0.2) is 78.3 Å². The van der Waals surface area contributed by atoms with Crippen LogP contribution in [0.1, 0.15) is 31.2 Å². The first kappa shape index (κ1) is 25.0. The number of imidazole rings is 1. The van der Waals surface area contributed by atoms with Crippen molar-refractivity contribution in [2.24, 2.45) is 0 Å². The number of carbonyl (C=O) groups excluding carboxylic acids is 2. The van der Waals surface area contributed by atoms with E-state index in [-0.39, 0.29) is 23.2 Å². The Morgan fingerprint density at radius 1 is 0.974 bits per heavy atom. The minimum absolute atomic E-state index is 0.0493. The Morgan fingerprint density at radius 2 is 1.76 bits per heavy atom. The first-order valence-corrected chi connectivity index (χ1v) is 12.0. The van der Waals surface area contributed by atoms with E-state index in [9.17, 15) is 22.8 Å². The summed E-state index contributed by atoms with van der Waals surface area (Å²) in [6.45, 7) is 1.87. The van der Waals surface area contributed by atoms with Crippen molar-refractivity contribution in [1.29, 1.82) is 0 Å². The Labute approximate surface area is 217 Å². The van der Waals surface area contributed by atoms with Gasteiger partial charge in [0.05, 0.1) is 16.6 Å². The summed E-state index contributed by atoms with van der Waals surface area (Å²) in [6, 6.07) is 15.8. The van der Waals surface area contributed by atoms with E-state index in [4.69, 9.17) is 4.74 Å².